The summed E-state index contributed by atoms with van der Waals surface area (Å²) in [6, 6.07) is 42.3. The standard InChI is InChI=1S/C27H20F5NO3S.C25H24N2O2S2.C5H12.C4H8O.C3H4N2S/c28-22-23(29)25(31)27(26(32)24(22)30)36-37(34,35)18-11-12-19-17(14-18)8-4-9-20(19)21-10-5-13-33(21)15-16-6-2-1-3-7-16;28-31(29,18-25-26-13-15-30-25)21-11-12-22-20(16-21)8-4-9-23(22)24-10-5-14-27(24)17-19-6-2-1-3-7-19;1-3-5-4-2;1-2-4-5-3-1;4-3-5-1-2-6-3/h1-4,6-9,11-12,14,21H,5,10,13,15H2;1-4,6-9,11-13,15-16,24H,5,10,14,17-18H2;3-5H2,1-2H3;1-4H2;1-2H,(H2,4,5). The van der Waals surface area contributed by atoms with Crippen molar-refractivity contribution in [2.24, 2.45) is 0 Å². The van der Waals surface area contributed by atoms with Crippen molar-refractivity contribution >= 4 is 69.3 Å². The Kier molecular flexibility index (Phi) is 23.0. The molecule has 3 aliphatic rings. The number of nitrogens with zero attached hydrogens (tertiary/aromatic N) is 4. The highest BCUT2D eigenvalue weighted by atomic mass is 32.2. The van der Waals surface area contributed by atoms with E-state index in [1.165, 1.54) is 90.0 Å². The molecule has 2 unspecified atom stereocenters. The van der Waals surface area contributed by atoms with Gasteiger partial charge in [-0.2, -0.15) is 17.2 Å². The van der Waals surface area contributed by atoms with Crippen LogP contribution in [0.4, 0.5) is 27.1 Å². The molecule has 3 fully saturated rings. The third-order valence-corrected chi connectivity index (χ3v) is 18.9. The number of nitrogens with two attached hydrogens (primary N) is 1. The van der Waals surface area contributed by atoms with Crippen LogP contribution in [0.5, 0.6) is 5.75 Å². The molecule has 9 aromatic rings. The fourth-order valence-corrected chi connectivity index (χ4v) is 14.0. The van der Waals surface area contributed by atoms with E-state index in [2.05, 4.69) is 86.3 Å². The average Bonchev–Trinajstić information content (AvgIpc) is 4.34. The van der Waals surface area contributed by atoms with E-state index in [4.69, 9.17) is 10.5 Å². The molecule has 7 aromatic carbocycles. The number of halogens is 5. The largest absolute Gasteiger partial charge is 0.381 e. The first-order chi connectivity index (χ1) is 40.6. The zero-order valence-electron chi connectivity index (χ0n) is 46.8. The first-order valence-corrected chi connectivity index (χ1v) is 32.8. The maximum absolute atomic E-state index is 14.0. The second kappa shape index (κ2) is 30.4. The Morgan fingerprint density at radius 3 is 1.50 bits per heavy atom. The summed E-state index contributed by atoms with van der Waals surface area (Å²) in [6.45, 7) is 10.1. The van der Waals surface area contributed by atoms with Crippen LogP contribution in [0, 0.1) is 29.1 Å². The highest BCUT2D eigenvalue weighted by molar-refractivity contribution is 7.90. The molecule has 0 radical (unpaired) electrons. The van der Waals surface area contributed by atoms with Crippen molar-refractivity contribution in [2.75, 3.05) is 32.0 Å². The molecule has 2 N–H and O–H groups in total. The number of anilines is 1. The van der Waals surface area contributed by atoms with E-state index in [1.807, 2.05) is 53.9 Å². The molecular formula is C64H68F5N5O6S4. The molecule has 2 aromatic heterocycles. The minimum Gasteiger partial charge on any atom is -0.381 e. The highest BCUT2D eigenvalue weighted by Crippen LogP contribution is 2.40. The quantitative estimate of drug-likeness (QED) is 0.0481. The van der Waals surface area contributed by atoms with E-state index in [1.54, 1.807) is 42.0 Å². The molecule has 3 aliphatic heterocycles. The topological polar surface area (TPSA) is 145 Å². The lowest BCUT2D eigenvalue weighted by Crippen LogP contribution is -2.23. The van der Waals surface area contributed by atoms with Crippen LogP contribution >= 0.6 is 22.7 Å². The number of aromatic nitrogens is 2. The molecule has 11 nitrogen and oxygen atoms in total. The number of unbranched alkanes of at least 4 members (excludes halogenated alkanes) is 2. The Hall–Kier alpha value is -6.65. The van der Waals surface area contributed by atoms with Crippen molar-refractivity contribution < 1.29 is 47.7 Å². The van der Waals surface area contributed by atoms with Gasteiger partial charge in [0.1, 0.15) is 15.7 Å². The second-order valence-corrected chi connectivity index (χ2v) is 25.8. The smallest absolute Gasteiger partial charge is 0.339 e. The predicted octanol–water partition coefficient (Wildman–Crippen LogP) is 16.0. The van der Waals surface area contributed by atoms with Crippen molar-refractivity contribution in [1.29, 1.82) is 0 Å². The number of hydrogen-bond donors (Lipinski definition) is 1. The lowest BCUT2D eigenvalue weighted by atomic mass is 9.97. The molecule has 12 rings (SSSR count). The van der Waals surface area contributed by atoms with Crippen molar-refractivity contribution in [2.45, 2.75) is 112 Å². The molecule has 0 bridgehead atoms. The lowest BCUT2D eigenvalue weighted by molar-refractivity contribution is 0.198. The molecule has 5 heterocycles. The predicted molar refractivity (Wildman–Crippen MR) is 324 cm³/mol. The minimum atomic E-state index is -4.93. The zero-order valence-corrected chi connectivity index (χ0v) is 50.1. The van der Waals surface area contributed by atoms with Crippen LogP contribution in [0.2, 0.25) is 0 Å². The van der Waals surface area contributed by atoms with Gasteiger partial charge in [0, 0.05) is 61.5 Å². The number of thiazole rings is 2. The summed E-state index contributed by atoms with van der Waals surface area (Å²) in [4.78, 5) is 12.6. The van der Waals surface area contributed by atoms with Gasteiger partial charge in [0.05, 0.1) is 4.90 Å². The van der Waals surface area contributed by atoms with E-state index < -0.39 is 59.7 Å². The first-order valence-electron chi connectivity index (χ1n) is 28.0. The van der Waals surface area contributed by atoms with E-state index >= 15 is 0 Å². The molecule has 0 saturated carbocycles. The number of hydrogen-bond acceptors (Lipinski definition) is 13. The Labute approximate surface area is 497 Å². The van der Waals surface area contributed by atoms with Gasteiger partial charge in [-0.15, -0.1) is 22.7 Å². The van der Waals surface area contributed by atoms with E-state index in [0.29, 0.717) is 26.5 Å². The van der Waals surface area contributed by atoms with Crippen molar-refractivity contribution in [3.8, 4) is 5.75 Å². The van der Waals surface area contributed by atoms with Crippen molar-refractivity contribution in [3.63, 3.8) is 0 Å². The lowest BCUT2D eigenvalue weighted by Gasteiger charge is -2.26. The van der Waals surface area contributed by atoms with Crippen LogP contribution in [0.3, 0.4) is 0 Å². The maximum atomic E-state index is 14.0. The Balaban J connectivity index is 0.000000174. The normalized spacial score (nSPS) is 16.2. The Bertz CT molecular complexity index is 3730. The Morgan fingerprint density at radius 2 is 1.07 bits per heavy atom. The van der Waals surface area contributed by atoms with Gasteiger partial charge in [-0.1, -0.05) is 142 Å². The summed E-state index contributed by atoms with van der Waals surface area (Å²) >= 11 is 2.82. The van der Waals surface area contributed by atoms with Gasteiger partial charge < -0.3 is 14.7 Å². The number of sulfone groups is 1. The summed E-state index contributed by atoms with van der Waals surface area (Å²) < 4.78 is 129. The zero-order chi connectivity index (χ0) is 59.6. The number of benzene rings is 7. The van der Waals surface area contributed by atoms with Gasteiger partial charge >= 0.3 is 10.1 Å². The number of rotatable bonds is 14. The number of fused-ring (bicyclic) bond motifs is 2. The molecule has 2 atom stereocenters. The molecule has 0 spiro atoms. The summed E-state index contributed by atoms with van der Waals surface area (Å²) in [5, 5.41) is 8.32. The van der Waals surface area contributed by atoms with Crippen LogP contribution in [-0.4, -0.2) is 62.9 Å². The summed E-state index contributed by atoms with van der Waals surface area (Å²) in [7, 11) is -8.35. The number of ether oxygens (including phenoxy) is 1. The van der Waals surface area contributed by atoms with Gasteiger partial charge in [0.2, 0.25) is 34.8 Å². The van der Waals surface area contributed by atoms with Gasteiger partial charge in [-0.25, -0.2) is 31.6 Å². The van der Waals surface area contributed by atoms with Crippen LogP contribution in [0.1, 0.15) is 111 Å². The molecular weight excluding hydrogens is 1160 g/mol. The fraction of sp³-hybridized carbons (Fsp3) is 0.312. The third-order valence-electron chi connectivity index (χ3n) is 14.5. The molecule has 20 heteroatoms. The van der Waals surface area contributed by atoms with Gasteiger partial charge in [0.25, 0.3) is 0 Å². The van der Waals surface area contributed by atoms with Crippen molar-refractivity contribution in [1.82, 2.24) is 19.8 Å². The van der Waals surface area contributed by atoms with Crippen LogP contribution in [0.15, 0.2) is 166 Å². The van der Waals surface area contributed by atoms with Gasteiger partial charge in [-0.05, 0) is 120 Å². The molecule has 3 saturated heterocycles. The van der Waals surface area contributed by atoms with Gasteiger partial charge in [0.15, 0.2) is 15.0 Å². The molecule has 0 amide bonds. The Morgan fingerprint density at radius 1 is 0.583 bits per heavy atom. The first kappa shape index (κ1) is 63.4. The van der Waals surface area contributed by atoms with E-state index in [-0.39, 0.29) is 11.8 Å². The van der Waals surface area contributed by atoms with Crippen LogP contribution < -0.4 is 9.92 Å². The summed E-state index contributed by atoms with van der Waals surface area (Å²) in [6.07, 6.45) is 14.2. The molecule has 444 valence electrons. The summed E-state index contributed by atoms with van der Waals surface area (Å²) in [5.74, 6) is -13.7. The van der Waals surface area contributed by atoms with Crippen molar-refractivity contribution in [3.05, 3.63) is 213 Å². The van der Waals surface area contributed by atoms with Gasteiger partial charge in [-0.3, -0.25) is 9.80 Å². The molecule has 84 heavy (non-hydrogen) atoms. The van der Waals surface area contributed by atoms with Crippen LogP contribution in [-0.2, 0) is 43.5 Å². The van der Waals surface area contributed by atoms with E-state index in [0.717, 1.165) is 80.4 Å². The van der Waals surface area contributed by atoms with Crippen LogP contribution in [0.25, 0.3) is 21.5 Å². The van der Waals surface area contributed by atoms with E-state index in [9.17, 15) is 38.8 Å². The maximum Gasteiger partial charge on any atom is 0.339 e. The monoisotopic (exact) mass is 1230 g/mol. The summed E-state index contributed by atoms with van der Waals surface area (Å²) in [5.41, 5.74) is 9.97. The number of nitrogen functional groups attached to an aromatic ring is 1. The SMILES string of the molecule is C1CCOC1.CCCCC.Nc1nccs1.O=S(=O)(Cc1nccs1)c1ccc2c(C3CCCN3Cc3ccccc3)cccc2c1.O=S(=O)(Oc1c(F)c(F)c(F)c(F)c1F)c1ccc2c(C3CCCN3Cc3ccccc3)cccc2c1. The number of likely N-dealkylation sites (tertiary alicyclic amines) is 2. The second-order valence-electron chi connectivity index (χ2n) is 20.4. The third kappa shape index (κ3) is 16.6. The molecule has 0 aliphatic carbocycles. The highest BCUT2D eigenvalue weighted by Gasteiger charge is 2.33. The minimum absolute atomic E-state index is 0.0522. The fourth-order valence-electron chi connectivity index (χ4n) is 10.4. The average molecular weight is 1230 g/mol.